The van der Waals surface area contributed by atoms with E-state index in [0.29, 0.717) is 11.6 Å². The number of nitrogens with one attached hydrogen (secondary N) is 1. The van der Waals surface area contributed by atoms with Crippen LogP contribution in [0.15, 0.2) is 59.7 Å². The van der Waals surface area contributed by atoms with Crippen LogP contribution < -0.4 is 10.9 Å². The highest BCUT2D eigenvalue weighted by atomic mass is 19.4. The Kier molecular flexibility index (Phi) is 8.91. The van der Waals surface area contributed by atoms with Gasteiger partial charge in [-0.05, 0) is 61.9 Å². The predicted molar refractivity (Wildman–Crippen MR) is 140 cm³/mol. The number of hydrogen-bond donors (Lipinski definition) is 1. The van der Waals surface area contributed by atoms with Crippen LogP contribution in [0.4, 0.5) is 13.2 Å². The maximum atomic E-state index is 13.5. The van der Waals surface area contributed by atoms with Crippen molar-refractivity contribution in [1.82, 2.24) is 14.9 Å². The van der Waals surface area contributed by atoms with Crippen LogP contribution in [0.3, 0.4) is 0 Å². The number of pyridine rings is 2. The third-order valence-corrected chi connectivity index (χ3v) is 6.36. The van der Waals surface area contributed by atoms with Crippen molar-refractivity contribution in [3.63, 3.8) is 0 Å². The van der Waals surface area contributed by atoms with Gasteiger partial charge in [0.25, 0.3) is 5.56 Å². The Bertz CT molecular complexity index is 1380. The van der Waals surface area contributed by atoms with E-state index in [0.717, 1.165) is 39.2 Å². The molecule has 3 rings (SSSR count). The first-order valence-corrected chi connectivity index (χ1v) is 12.4. The Morgan fingerprint density at radius 3 is 2.32 bits per heavy atom. The fourth-order valence-electron chi connectivity index (χ4n) is 4.41. The van der Waals surface area contributed by atoms with Gasteiger partial charge in [0.15, 0.2) is 0 Å². The van der Waals surface area contributed by atoms with Gasteiger partial charge >= 0.3 is 6.18 Å². The zero-order valence-corrected chi connectivity index (χ0v) is 22.1. The molecule has 1 N–H and O–H groups in total. The fourth-order valence-corrected chi connectivity index (χ4v) is 4.41. The summed E-state index contributed by atoms with van der Waals surface area (Å²) in [6.07, 6.45) is -1.87. The maximum Gasteiger partial charge on any atom is 0.416 e. The number of nitrogens with zero attached hydrogens (tertiary/aromatic N) is 2. The summed E-state index contributed by atoms with van der Waals surface area (Å²) in [7, 11) is 0. The minimum atomic E-state index is -4.67. The number of carbonyl (C=O) groups excluding carboxylic acids is 2. The Labute approximate surface area is 219 Å². The van der Waals surface area contributed by atoms with E-state index in [1.165, 1.54) is 6.92 Å². The van der Waals surface area contributed by atoms with Gasteiger partial charge in [-0.2, -0.15) is 13.2 Å². The molecule has 0 fully saturated rings. The highest BCUT2D eigenvalue weighted by molar-refractivity contribution is 5.83. The predicted octanol–water partition coefficient (Wildman–Crippen LogP) is 5.97. The molecule has 0 bridgehead atoms. The summed E-state index contributed by atoms with van der Waals surface area (Å²) < 4.78 is 40.3. The van der Waals surface area contributed by atoms with Crippen molar-refractivity contribution in [2.75, 3.05) is 0 Å². The van der Waals surface area contributed by atoms with E-state index in [1.807, 2.05) is 58.0 Å². The molecule has 6 nitrogen and oxygen atoms in total. The van der Waals surface area contributed by atoms with E-state index in [4.69, 9.17) is 0 Å². The molecule has 0 saturated carbocycles. The maximum absolute atomic E-state index is 13.5. The largest absolute Gasteiger partial charge is 0.416 e. The van der Waals surface area contributed by atoms with Gasteiger partial charge in [-0.3, -0.25) is 19.4 Å². The van der Waals surface area contributed by atoms with Gasteiger partial charge in [0, 0.05) is 36.1 Å². The van der Waals surface area contributed by atoms with Gasteiger partial charge in [-0.25, -0.2) is 0 Å². The lowest BCUT2D eigenvalue weighted by Gasteiger charge is -2.25. The van der Waals surface area contributed by atoms with Crippen molar-refractivity contribution >= 4 is 11.7 Å². The Hall–Kier alpha value is -3.75. The summed E-state index contributed by atoms with van der Waals surface area (Å²) in [5, 5.41) is 2.87. The second-order valence-electron chi connectivity index (χ2n) is 9.99. The molecule has 1 amide bonds. The Morgan fingerprint density at radius 1 is 1.05 bits per heavy atom. The summed E-state index contributed by atoms with van der Waals surface area (Å²) in [4.78, 5) is 42.8. The van der Waals surface area contributed by atoms with Crippen LogP contribution in [0.25, 0.3) is 11.1 Å². The third kappa shape index (κ3) is 6.96. The number of hydrogen-bond acceptors (Lipinski definition) is 4. The lowest BCUT2D eigenvalue weighted by atomic mass is 9.94. The standard InChI is InChI=1S/C29H32F3N3O3/c1-17(2)12-26(35-11-10-22(15-27(35)37)29(30,31)32)28(38)34-25(13-19(4)36)21-14-24(20(5)33-16-21)23-9-7-6-8-18(23)3/h6-11,14-17,25-26H,12-13H2,1-5H3,(H,34,38)/t25-,26-/m0/s1. The minimum Gasteiger partial charge on any atom is -0.347 e. The number of ketones is 1. The SMILES string of the molecule is CC(=O)C[C@H](NC(=O)[C@H](CC(C)C)n1ccc(C(F)(F)F)cc1=O)c1cnc(C)c(-c2ccccc2C)c1. The highest BCUT2D eigenvalue weighted by Gasteiger charge is 2.32. The lowest BCUT2D eigenvalue weighted by Crippen LogP contribution is -2.40. The molecular weight excluding hydrogens is 495 g/mol. The second kappa shape index (κ2) is 11.8. The molecule has 0 aliphatic rings. The molecule has 2 heterocycles. The second-order valence-corrected chi connectivity index (χ2v) is 9.99. The van der Waals surface area contributed by atoms with Gasteiger partial charge in [-0.15, -0.1) is 0 Å². The number of benzene rings is 1. The molecule has 9 heteroatoms. The number of Topliss-reactive ketones (excluding diaryl/α,β-unsaturated/α-hetero) is 1. The fraction of sp³-hybridized carbons (Fsp3) is 0.379. The number of amides is 1. The van der Waals surface area contributed by atoms with Crippen LogP contribution in [-0.4, -0.2) is 21.2 Å². The van der Waals surface area contributed by atoms with Gasteiger partial charge in [-0.1, -0.05) is 38.1 Å². The molecule has 0 saturated heterocycles. The van der Waals surface area contributed by atoms with Gasteiger partial charge in [0.1, 0.15) is 11.8 Å². The molecule has 0 aliphatic carbocycles. The Morgan fingerprint density at radius 2 is 1.74 bits per heavy atom. The Balaban J connectivity index is 2.00. The molecule has 0 radical (unpaired) electrons. The van der Waals surface area contributed by atoms with Gasteiger partial charge < -0.3 is 9.88 Å². The van der Waals surface area contributed by atoms with Crippen LogP contribution in [0, 0.1) is 19.8 Å². The molecule has 1 aromatic carbocycles. The zero-order chi connectivity index (χ0) is 28.2. The van der Waals surface area contributed by atoms with E-state index in [9.17, 15) is 27.6 Å². The van der Waals surface area contributed by atoms with E-state index < -0.39 is 35.3 Å². The van der Waals surface area contributed by atoms with Crippen molar-refractivity contribution in [3.05, 3.63) is 87.6 Å². The summed E-state index contributed by atoms with van der Waals surface area (Å²) in [5.41, 5.74) is 2.27. The summed E-state index contributed by atoms with van der Waals surface area (Å²) in [5.74, 6) is -0.773. The average molecular weight is 528 g/mol. The van der Waals surface area contributed by atoms with Crippen molar-refractivity contribution < 1.29 is 22.8 Å². The third-order valence-electron chi connectivity index (χ3n) is 6.36. The van der Waals surface area contributed by atoms with Gasteiger partial charge in [0.05, 0.1) is 11.6 Å². The van der Waals surface area contributed by atoms with Crippen LogP contribution in [0.5, 0.6) is 0 Å². The number of rotatable bonds is 9. The summed E-state index contributed by atoms with van der Waals surface area (Å²) in [6, 6.07) is 9.17. The zero-order valence-electron chi connectivity index (χ0n) is 22.1. The quantitative estimate of drug-likeness (QED) is 0.372. The number of aryl methyl sites for hydroxylation is 2. The first kappa shape index (κ1) is 28.8. The van der Waals surface area contributed by atoms with Crippen LogP contribution in [-0.2, 0) is 15.8 Å². The number of carbonyl (C=O) groups is 2. The van der Waals surface area contributed by atoms with E-state index in [1.54, 1.807) is 6.20 Å². The molecule has 0 unspecified atom stereocenters. The summed E-state index contributed by atoms with van der Waals surface area (Å²) >= 11 is 0. The molecule has 2 atom stereocenters. The number of alkyl halides is 3. The van der Waals surface area contributed by atoms with Crippen molar-refractivity contribution in [2.24, 2.45) is 5.92 Å². The number of aromatic nitrogens is 2. The first-order valence-electron chi connectivity index (χ1n) is 12.4. The molecule has 0 aliphatic heterocycles. The van der Waals surface area contributed by atoms with E-state index >= 15 is 0 Å². The molecule has 3 aromatic rings. The van der Waals surface area contributed by atoms with Crippen molar-refractivity contribution in [1.29, 1.82) is 0 Å². The molecule has 202 valence electrons. The molecular formula is C29H32F3N3O3. The van der Waals surface area contributed by atoms with Crippen LogP contribution in [0.2, 0.25) is 0 Å². The van der Waals surface area contributed by atoms with Crippen molar-refractivity contribution in [2.45, 2.75) is 65.7 Å². The van der Waals surface area contributed by atoms with E-state index in [2.05, 4.69) is 10.3 Å². The molecule has 38 heavy (non-hydrogen) atoms. The summed E-state index contributed by atoms with van der Waals surface area (Å²) in [6.45, 7) is 8.96. The minimum absolute atomic E-state index is 0.0139. The van der Waals surface area contributed by atoms with Gasteiger partial charge in [0.2, 0.25) is 5.91 Å². The lowest BCUT2D eigenvalue weighted by molar-refractivity contribution is -0.137. The molecule has 2 aromatic heterocycles. The first-order chi connectivity index (χ1) is 17.8. The smallest absolute Gasteiger partial charge is 0.347 e. The average Bonchev–Trinajstić information content (AvgIpc) is 2.82. The number of halogens is 3. The monoisotopic (exact) mass is 527 g/mol. The highest BCUT2D eigenvalue weighted by Crippen LogP contribution is 2.31. The molecule has 0 spiro atoms. The normalized spacial score (nSPS) is 13.3. The topological polar surface area (TPSA) is 81.1 Å². The van der Waals surface area contributed by atoms with Crippen LogP contribution >= 0.6 is 0 Å². The van der Waals surface area contributed by atoms with E-state index in [-0.39, 0.29) is 24.5 Å². The van der Waals surface area contributed by atoms with Crippen molar-refractivity contribution in [3.8, 4) is 11.1 Å². The van der Waals surface area contributed by atoms with Crippen LogP contribution in [0.1, 0.15) is 68.1 Å².